The standard InChI is InChI=1S/C19H31N3O2/c1-14-5-6-18(24-4)17(13-14)21-19(23)15(2)22-11-8-16(9-12-22)7-10-20-3/h5-6,13,15-16,20H,7-12H2,1-4H3,(H,21,23). The van der Waals surface area contributed by atoms with Crippen LogP contribution in [0.15, 0.2) is 18.2 Å². The van der Waals surface area contributed by atoms with Crippen molar-refractivity contribution in [1.29, 1.82) is 0 Å². The van der Waals surface area contributed by atoms with Crippen molar-refractivity contribution in [2.24, 2.45) is 5.92 Å². The van der Waals surface area contributed by atoms with Crippen molar-refractivity contribution in [3.63, 3.8) is 0 Å². The van der Waals surface area contributed by atoms with E-state index in [2.05, 4.69) is 15.5 Å². The normalized spacial score (nSPS) is 17.5. The van der Waals surface area contributed by atoms with Crippen LogP contribution in [-0.2, 0) is 4.79 Å². The Balaban J connectivity index is 1.90. The van der Waals surface area contributed by atoms with Gasteiger partial charge in [0, 0.05) is 0 Å². The van der Waals surface area contributed by atoms with Gasteiger partial charge in [0.05, 0.1) is 18.8 Å². The molecule has 0 spiro atoms. The fraction of sp³-hybridized carbons (Fsp3) is 0.632. The predicted octanol–water partition coefficient (Wildman–Crippen LogP) is 2.65. The summed E-state index contributed by atoms with van der Waals surface area (Å²) in [6.45, 7) is 7.07. The molecule has 1 saturated heterocycles. The lowest BCUT2D eigenvalue weighted by Gasteiger charge is -2.35. The molecule has 1 fully saturated rings. The van der Waals surface area contributed by atoms with Crippen molar-refractivity contribution < 1.29 is 9.53 Å². The largest absolute Gasteiger partial charge is 0.495 e. The average molecular weight is 333 g/mol. The summed E-state index contributed by atoms with van der Waals surface area (Å²) in [6, 6.07) is 5.70. The molecule has 0 aromatic heterocycles. The average Bonchev–Trinajstić information content (AvgIpc) is 2.60. The number of carbonyl (C=O) groups excluding carboxylic acids is 1. The number of nitrogens with zero attached hydrogens (tertiary/aromatic N) is 1. The number of likely N-dealkylation sites (tertiary alicyclic amines) is 1. The highest BCUT2D eigenvalue weighted by atomic mass is 16.5. The second-order valence-electron chi connectivity index (χ2n) is 6.74. The number of benzene rings is 1. The fourth-order valence-electron chi connectivity index (χ4n) is 3.30. The summed E-state index contributed by atoms with van der Waals surface area (Å²) < 4.78 is 5.34. The number of nitrogens with one attached hydrogen (secondary N) is 2. The van der Waals surface area contributed by atoms with Crippen LogP contribution < -0.4 is 15.4 Å². The van der Waals surface area contributed by atoms with Gasteiger partial charge in [-0.15, -0.1) is 0 Å². The lowest BCUT2D eigenvalue weighted by molar-refractivity contribution is -0.121. The van der Waals surface area contributed by atoms with Gasteiger partial charge < -0.3 is 15.4 Å². The molecule has 1 aliphatic heterocycles. The number of amides is 1. The van der Waals surface area contributed by atoms with Gasteiger partial charge >= 0.3 is 0 Å². The first-order valence-corrected chi connectivity index (χ1v) is 8.89. The predicted molar refractivity (Wildman–Crippen MR) is 98.7 cm³/mol. The van der Waals surface area contributed by atoms with E-state index in [1.165, 1.54) is 19.3 Å². The van der Waals surface area contributed by atoms with E-state index < -0.39 is 0 Å². The monoisotopic (exact) mass is 333 g/mol. The topological polar surface area (TPSA) is 53.6 Å². The van der Waals surface area contributed by atoms with Crippen LogP contribution in [-0.4, -0.2) is 50.6 Å². The SMILES string of the molecule is CNCCC1CCN(C(C)C(=O)Nc2cc(C)ccc2OC)CC1. The molecule has 5 heteroatoms. The first-order chi connectivity index (χ1) is 11.5. The Hall–Kier alpha value is -1.59. The summed E-state index contributed by atoms with van der Waals surface area (Å²) in [6.07, 6.45) is 3.57. The molecular formula is C19H31N3O2. The molecular weight excluding hydrogens is 302 g/mol. The van der Waals surface area contributed by atoms with Crippen molar-refractivity contribution in [2.75, 3.05) is 39.1 Å². The molecule has 0 saturated carbocycles. The van der Waals surface area contributed by atoms with Crippen LogP contribution in [0.25, 0.3) is 0 Å². The van der Waals surface area contributed by atoms with Crippen LogP contribution >= 0.6 is 0 Å². The maximum atomic E-state index is 12.6. The number of ether oxygens (including phenoxy) is 1. The van der Waals surface area contributed by atoms with Crippen LogP contribution in [0.2, 0.25) is 0 Å². The van der Waals surface area contributed by atoms with Gasteiger partial charge in [-0.25, -0.2) is 0 Å². The van der Waals surface area contributed by atoms with Gasteiger partial charge in [0.2, 0.25) is 5.91 Å². The summed E-state index contributed by atoms with van der Waals surface area (Å²) in [4.78, 5) is 14.9. The van der Waals surface area contributed by atoms with Crippen molar-refractivity contribution in [1.82, 2.24) is 10.2 Å². The van der Waals surface area contributed by atoms with E-state index in [-0.39, 0.29) is 11.9 Å². The van der Waals surface area contributed by atoms with E-state index in [0.717, 1.165) is 36.8 Å². The smallest absolute Gasteiger partial charge is 0.241 e. The number of carbonyl (C=O) groups is 1. The molecule has 1 unspecified atom stereocenters. The van der Waals surface area contributed by atoms with Crippen molar-refractivity contribution >= 4 is 11.6 Å². The fourth-order valence-corrected chi connectivity index (χ4v) is 3.30. The zero-order chi connectivity index (χ0) is 17.5. The zero-order valence-electron chi connectivity index (χ0n) is 15.4. The molecule has 24 heavy (non-hydrogen) atoms. The van der Waals surface area contributed by atoms with E-state index in [1.807, 2.05) is 39.1 Å². The summed E-state index contributed by atoms with van der Waals surface area (Å²) in [5, 5.41) is 6.25. The van der Waals surface area contributed by atoms with Crippen LogP contribution in [0.4, 0.5) is 5.69 Å². The molecule has 0 radical (unpaired) electrons. The minimum atomic E-state index is -0.125. The van der Waals surface area contributed by atoms with Crippen molar-refractivity contribution in [3.8, 4) is 5.75 Å². The summed E-state index contributed by atoms with van der Waals surface area (Å²) >= 11 is 0. The lowest BCUT2D eigenvalue weighted by Crippen LogP contribution is -2.46. The highest BCUT2D eigenvalue weighted by Crippen LogP contribution is 2.26. The second-order valence-corrected chi connectivity index (χ2v) is 6.74. The number of aryl methyl sites for hydroxylation is 1. The molecule has 5 nitrogen and oxygen atoms in total. The van der Waals surface area contributed by atoms with Gasteiger partial charge in [-0.05, 0) is 83.4 Å². The van der Waals surface area contributed by atoms with Crippen LogP contribution in [0, 0.1) is 12.8 Å². The Morgan fingerprint density at radius 2 is 2.08 bits per heavy atom. The Kier molecular flexibility index (Phi) is 7.06. The highest BCUT2D eigenvalue weighted by molar-refractivity contribution is 5.95. The summed E-state index contributed by atoms with van der Waals surface area (Å²) in [5.41, 5.74) is 1.85. The molecule has 2 N–H and O–H groups in total. The number of hydrogen-bond acceptors (Lipinski definition) is 4. The van der Waals surface area contributed by atoms with Gasteiger partial charge in [0.25, 0.3) is 0 Å². The maximum Gasteiger partial charge on any atom is 0.241 e. The Morgan fingerprint density at radius 1 is 1.38 bits per heavy atom. The number of hydrogen-bond donors (Lipinski definition) is 2. The third-order valence-electron chi connectivity index (χ3n) is 4.99. The molecule has 0 aliphatic carbocycles. The lowest BCUT2D eigenvalue weighted by atomic mass is 9.93. The van der Waals surface area contributed by atoms with E-state index in [1.54, 1.807) is 7.11 Å². The first kappa shape index (κ1) is 18.7. The van der Waals surface area contributed by atoms with Crippen LogP contribution in [0.1, 0.15) is 31.7 Å². The number of rotatable bonds is 7. The molecule has 1 atom stereocenters. The quantitative estimate of drug-likeness (QED) is 0.805. The first-order valence-electron chi connectivity index (χ1n) is 8.89. The third kappa shape index (κ3) is 4.95. The number of piperidine rings is 1. The van der Waals surface area contributed by atoms with Gasteiger partial charge in [-0.2, -0.15) is 0 Å². The van der Waals surface area contributed by atoms with Gasteiger partial charge in [0.15, 0.2) is 0 Å². The van der Waals surface area contributed by atoms with Gasteiger partial charge in [-0.1, -0.05) is 6.07 Å². The third-order valence-corrected chi connectivity index (χ3v) is 4.99. The van der Waals surface area contributed by atoms with E-state index in [4.69, 9.17) is 4.74 Å². The van der Waals surface area contributed by atoms with Crippen LogP contribution in [0.3, 0.4) is 0 Å². The zero-order valence-corrected chi connectivity index (χ0v) is 15.4. The Morgan fingerprint density at radius 3 is 2.71 bits per heavy atom. The number of methoxy groups -OCH3 is 1. The molecule has 1 heterocycles. The molecule has 134 valence electrons. The Bertz CT molecular complexity index is 539. The Labute approximate surface area is 145 Å². The molecule has 1 aromatic carbocycles. The van der Waals surface area contributed by atoms with Crippen molar-refractivity contribution in [3.05, 3.63) is 23.8 Å². The van der Waals surface area contributed by atoms with Gasteiger partial charge in [-0.3, -0.25) is 9.69 Å². The number of anilines is 1. The maximum absolute atomic E-state index is 12.6. The van der Waals surface area contributed by atoms with Crippen molar-refractivity contribution in [2.45, 2.75) is 39.2 Å². The van der Waals surface area contributed by atoms with Gasteiger partial charge in [0.1, 0.15) is 5.75 Å². The molecule has 1 aliphatic rings. The van der Waals surface area contributed by atoms with E-state index in [0.29, 0.717) is 5.75 Å². The molecule has 1 amide bonds. The van der Waals surface area contributed by atoms with E-state index in [9.17, 15) is 4.79 Å². The minimum absolute atomic E-state index is 0.0348. The molecule has 2 rings (SSSR count). The van der Waals surface area contributed by atoms with Crippen LogP contribution in [0.5, 0.6) is 5.75 Å². The molecule has 0 bridgehead atoms. The van der Waals surface area contributed by atoms with E-state index >= 15 is 0 Å². The highest BCUT2D eigenvalue weighted by Gasteiger charge is 2.26. The molecule has 1 aromatic rings. The summed E-state index contributed by atoms with van der Waals surface area (Å²) in [7, 11) is 3.63. The minimum Gasteiger partial charge on any atom is -0.495 e. The second kappa shape index (κ2) is 9.04. The summed E-state index contributed by atoms with van der Waals surface area (Å²) in [5.74, 6) is 1.51.